The van der Waals surface area contributed by atoms with E-state index in [0.29, 0.717) is 11.8 Å². The van der Waals surface area contributed by atoms with E-state index in [2.05, 4.69) is 41.5 Å². The lowest BCUT2D eigenvalue weighted by Gasteiger charge is -2.29. The highest BCUT2D eigenvalue weighted by molar-refractivity contribution is 4.95. The lowest BCUT2D eigenvalue weighted by Crippen LogP contribution is -2.32. The predicted molar refractivity (Wildman–Crippen MR) is 62.8 cm³/mol. The summed E-state index contributed by atoms with van der Waals surface area (Å²) < 4.78 is 6.02. The highest BCUT2D eigenvalue weighted by Gasteiger charge is 2.46. The van der Waals surface area contributed by atoms with Crippen LogP contribution in [0.5, 0.6) is 0 Å². The van der Waals surface area contributed by atoms with Crippen LogP contribution in [-0.4, -0.2) is 22.4 Å². The summed E-state index contributed by atoms with van der Waals surface area (Å²) in [5.74, 6) is 0.800. The number of rotatable bonds is 3. The van der Waals surface area contributed by atoms with Crippen LogP contribution in [0, 0.1) is 11.8 Å². The minimum Gasteiger partial charge on any atom is -0.393 e. The Bertz CT molecular complexity index is 219. The molecule has 1 rings (SSSR count). The smallest absolute Gasteiger partial charge is 0.0663 e. The van der Waals surface area contributed by atoms with Crippen LogP contribution in [0.15, 0.2) is 0 Å². The van der Waals surface area contributed by atoms with Gasteiger partial charge in [0.1, 0.15) is 0 Å². The van der Waals surface area contributed by atoms with E-state index >= 15 is 0 Å². The maximum absolute atomic E-state index is 9.93. The van der Waals surface area contributed by atoms with Crippen molar-refractivity contribution >= 4 is 0 Å². The van der Waals surface area contributed by atoms with Crippen LogP contribution in [0.1, 0.15) is 54.4 Å². The van der Waals surface area contributed by atoms with Crippen molar-refractivity contribution in [2.24, 2.45) is 11.8 Å². The fourth-order valence-corrected chi connectivity index (χ4v) is 2.61. The molecule has 0 radical (unpaired) electrons. The lowest BCUT2D eigenvalue weighted by molar-refractivity contribution is -0.0791. The number of hydrogen-bond donors (Lipinski definition) is 1. The third-order valence-electron chi connectivity index (χ3n) is 3.56. The first kappa shape index (κ1) is 13.0. The fourth-order valence-electron chi connectivity index (χ4n) is 2.61. The number of ether oxygens (including phenoxy) is 1. The van der Waals surface area contributed by atoms with Gasteiger partial charge < -0.3 is 9.84 Å². The Morgan fingerprint density at radius 3 is 2.13 bits per heavy atom. The quantitative estimate of drug-likeness (QED) is 0.782. The highest BCUT2D eigenvalue weighted by atomic mass is 16.5. The van der Waals surface area contributed by atoms with Crippen LogP contribution < -0.4 is 0 Å². The molecule has 0 spiro atoms. The first-order valence-electron chi connectivity index (χ1n) is 6.02. The summed E-state index contributed by atoms with van der Waals surface area (Å²) in [6.07, 6.45) is 1.70. The molecule has 90 valence electrons. The largest absolute Gasteiger partial charge is 0.393 e. The minimum atomic E-state index is -0.202. The summed E-state index contributed by atoms with van der Waals surface area (Å²) >= 11 is 0. The summed E-state index contributed by atoms with van der Waals surface area (Å²) in [7, 11) is 0. The molecule has 1 aliphatic rings. The number of aliphatic hydroxyl groups excluding tert-OH is 1. The molecule has 0 aromatic carbocycles. The standard InChI is InChI=1S/C13H26O2/c1-9(2)11(14)7-10-8-12(3,4)15-13(10,5)6/h9-11,14H,7-8H2,1-6H3. The second-order valence-electron chi connectivity index (χ2n) is 6.41. The molecule has 2 atom stereocenters. The average molecular weight is 214 g/mol. The summed E-state index contributed by atoms with van der Waals surface area (Å²) in [6.45, 7) is 12.7. The van der Waals surface area contributed by atoms with Gasteiger partial charge in [0.2, 0.25) is 0 Å². The maximum atomic E-state index is 9.93. The Labute approximate surface area is 94.0 Å². The topological polar surface area (TPSA) is 29.5 Å². The van der Waals surface area contributed by atoms with Gasteiger partial charge in [-0.15, -0.1) is 0 Å². The molecular formula is C13H26O2. The van der Waals surface area contributed by atoms with Gasteiger partial charge in [-0.2, -0.15) is 0 Å². The second-order valence-corrected chi connectivity index (χ2v) is 6.41. The van der Waals surface area contributed by atoms with Gasteiger partial charge in [-0.25, -0.2) is 0 Å². The van der Waals surface area contributed by atoms with Crippen molar-refractivity contribution in [2.45, 2.75) is 71.7 Å². The third-order valence-corrected chi connectivity index (χ3v) is 3.56. The van der Waals surface area contributed by atoms with E-state index < -0.39 is 0 Å². The van der Waals surface area contributed by atoms with E-state index in [9.17, 15) is 5.11 Å². The summed E-state index contributed by atoms with van der Waals surface area (Å²) in [6, 6.07) is 0. The van der Waals surface area contributed by atoms with Crippen LogP contribution in [-0.2, 0) is 4.74 Å². The lowest BCUT2D eigenvalue weighted by atomic mass is 9.81. The zero-order valence-electron chi connectivity index (χ0n) is 11.0. The maximum Gasteiger partial charge on any atom is 0.0663 e. The van der Waals surface area contributed by atoms with Crippen molar-refractivity contribution in [3.05, 3.63) is 0 Å². The Balaban J connectivity index is 2.63. The van der Waals surface area contributed by atoms with E-state index in [1.54, 1.807) is 0 Å². The molecule has 2 heteroatoms. The van der Waals surface area contributed by atoms with Gasteiger partial charge in [-0.1, -0.05) is 13.8 Å². The van der Waals surface area contributed by atoms with Crippen LogP contribution in [0.4, 0.5) is 0 Å². The molecule has 15 heavy (non-hydrogen) atoms. The summed E-state index contributed by atoms with van der Waals surface area (Å²) in [4.78, 5) is 0. The molecule has 1 aliphatic heterocycles. The molecule has 0 aliphatic carbocycles. The molecule has 1 N–H and O–H groups in total. The highest BCUT2D eigenvalue weighted by Crippen LogP contribution is 2.44. The van der Waals surface area contributed by atoms with Crippen molar-refractivity contribution < 1.29 is 9.84 Å². The van der Waals surface area contributed by atoms with Gasteiger partial charge in [0.15, 0.2) is 0 Å². The van der Waals surface area contributed by atoms with Crippen molar-refractivity contribution in [3.8, 4) is 0 Å². The van der Waals surface area contributed by atoms with Crippen LogP contribution >= 0.6 is 0 Å². The molecule has 1 saturated heterocycles. The Kier molecular flexibility index (Phi) is 3.52. The van der Waals surface area contributed by atoms with Crippen molar-refractivity contribution in [1.82, 2.24) is 0 Å². The minimum absolute atomic E-state index is 0.0368. The molecular weight excluding hydrogens is 188 g/mol. The first-order chi connectivity index (χ1) is 6.64. The van der Waals surface area contributed by atoms with E-state index in [4.69, 9.17) is 4.74 Å². The van der Waals surface area contributed by atoms with Gasteiger partial charge in [-0.3, -0.25) is 0 Å². The van der Waals surface area contributed by atoms with Crippen LogP contribution in [0.3, 0.4) is 0 Å². The fraction of sp³-hybridized carbons (Fsp3) is 1.00. The molecule has 2 nitrogen and oxygen atoms in total. The molecule has 0 amide bonds. The van der Waals surface area contributed by atoms with Gasteiger partial charge in [0, 0.05) is 0 Å². The SMILES string of the molecule is CC(C)C(O)CC1CC(C)(C)OC1(C)C. The van der Waals surface area contributed by atoms with E-state index in [-0.39, 0.29) is 17.3 Å². The third kappa shape index (κ3) is 3.18. The van der Waals surface area contributed by atoms with Crippen molar-refractivity contribution in [3.63, 3.8) is 0 Å². The molecule has 1 heterocycles. The van der Waals surface area contributed by atoms with Gasteiger partial charge in [0.05, 0.1) is 17.3 Å². The van der Waals surface area contributed by atoms with Crippen molar-refractivity contribution in [1.29, 1.82) is 0 Å². The van der Waals surface area contributed by atoms with E-state index in [1.165, 1.54) is 0 Å². The number of aliphatic hydroxyl groups is 1. The Morgan fingerprint density at radius 1 is 1.27 bits per heavy atom. The summed E-state index contributed by atoms with van der Waals surface area (Å²) in [5, 5.41) is 9.93. The van der Waals surface area contributed by atoms with E-state index in [1.807, 2.05) is 0 Å². The molecule has 2 unspecified atom stereocenters. The zero-order chi connectivity index (χ0) is 11.9. The molecule has 0 bridgehead atoms. The summed E-state index contributed by atoms with van der Waals surface area (Å²) in [5.41, 5.74) is -0.135. The first-order valence-corrected chi connectivity index (χ1v) is 6.02. The van der Waals surface area contributed by atoms with Crippen LogP contribution in [0.25, 0.3) is 0 Å². The molecule has 0 saturated carbocycles. The van der Waals surface area contributed by atoms with Gasteiger partial charge in [-0.05, 0) is 52.4 Å². The molecule has 1 fully saturated rings. The number of hydrogen-bond acceptors (Lipinski definition) is 2. The monoisotopic (exact) mass is 214 g/mol. The van der Waals surface area contributed by atoms with E-state index in [0.717, 1.165) is 12.8 Å². The second kappa shape index (κ2) is 4.06. The molecule has 0 aromatic heterocycles. The Hall–Kier alpha value is -0.0800. The normalized spacial score (nSPS) is 30.8. The van der Waals surface area contributed by atoms with Crippen molar-refractivity contribution in [2.75, 3.05) is 0 Å². The van der Waals surface area contributed by atoms with Crippen LogP contribution in [0.2, 0.25) is 0 Å². The van der Waals surface area contributed by atoms with Gasteiger partial charge in [0.25, 0.3) is 0 Å². The molecule has 0 aromatic rings. The van der Waals surface area contributed by atoms with Gasteiger partial charge >= 0.3 is 0 Å². The average Bonchev–Trinajstić information content (AvgIpc) is 2.18. The predicted octanol–water partition coefficient (Wildman–Crippen LogP) is 2.99. The Morgan fingerprint density at radius 2 is 1.80 bits per heavy atom. The zero-order valence-corrected chi connectivity index (χ0v) is 11.0.